The van der Waals surface area contributed by atoms with Gasteiger partial charge < -0.3 is 0 Å². The number of thiazole rings is 1. The summed E-state index contributed by atoms with van der Waals surface area (Å²) >= 11 is 3.46. The van der Waals surface area contributed by atoms with Crippen molar-refractivity contribution in [2.45, 2.75) is 17.0 Å². The lowest BCUT2D eigenvalue weighted by molar-refractivity contribution is 1.08. The van der Waals surface area contributed by atoms with Crippen LogP contribution in [0, 0.1) is 6.92 Å². The Hall–Kier alpha value is -1.98. The number of rotatable bonds is 3. The molecule has 0 aliphatic rings. The minimum absolute atomic E-state index is 0.795. The zero-order valence-electron chi connectivity index (χ0n) is 12.0. The lowest BCUT2D eigenvalue weighted by atomic mass is 10.2. The highest BCUT2D eigenvalue weighted by molar-refractivity contribution is 8.00. The molecule has 4 rings (SSSR count). The van der Waals surface area contributed by atoms with Crippen molar-refractivity contribution in [3.05, 3.63) is 59.9 Å². The Labute approximate surface area is 136 Å². The van der Waals surface area contributed by atoms with E-state index < -0.39 is 0 Å². The van der Waals surface area contributed by atoms with E-state index in [9.17, 15) is 0 Å². The van der Waals surface area contributed by atoms with Crippen molar-refractivity contribution in [3.63, 3.8) is 0 Å². The van der Waals surface area contributed by atoms with Crippen LogP contribution in [-0.2, 0) is 5.75 Å². The van der Waals surface area contributed by atoms with E-state index in [2.05, 4.69) is 22.1 Å². The van der Waals surface area contributed by atoms with Gasteiger partial charge in [0.2, 0.25) is 0 Å². The molecule has 0 bridgehead atoms. The Bertz CT molecular complexity index is 929. The molecule has 0 spiro atoms. The van der Waals surface area contributed by atoms with Crippen LogP contribution in [-0.4, -0.2) is 15.0 Å². The second-order valence-electron chi connectivity index (χ2n) is 4.98. The van der Waals surface area contributed by atoms with Crippen LogP contribution in [0.1, 0.15) is 11.4 Å². The summed E-state index contributed by atoms with van der Waals surface area (Å²) in [5.41, 5.74) is 4.99. The van der Waals surface area contributed by atoms with Crippen LogP contribution in [0.2, 0.25) is 0 Å². The van der Waals surface area contributed by atoms with E-state index in [1.165, 1.54) is 4.70 Å². The maximum absolute atomic E-state index is 4.74. The van der Waals surface area contributed by atoms with Gasteiger partial charge in [-0.05, 0) is 31.2 Å². The molecule has 0 aliphatic heterocycles. The quantitative estimate of drug-likeness (QED) is 0.506. The highest BCUT2D eigenvalue weighted by Gasteiger charge is 2.08. The van der Waals surface area contributed by atoms with Gasteiger partial charge in [-0.25, -0.2) is 15.0 Å². The number of hydrogen-bond donors (Lipinski definition) is 0. The highest BCUT2D eigenvalue weighted by Crippen LogP contribution is 2.31. The molecular weight excluding hydrogens is 310 g/mol. The van der Waals surface area contributed by atoms with Gasteiger partial charge in [0, 0.05) is 5.75 Å². The van der Waals surface area contributed by atoms with E-state index >= 15 is 0 Å². The van der Waals surface area contributed by atoms with Crippen LogP contribution in [0.25, 0.3) is 21.3 Å². The van der Waals surface area contributed by atoms with E-state index in [0.29, 0.717) is 0 Å². The Morgan fingerprint density at radius 3 is 2.32 bits per heavy atom. The molecule has 0 fully saturated rings. The molecule has 0 saturated heterocycles. The monoisotopic (exact) mass is 323 g/mol. The third-order valence-electron chi connectivity index (χ3n) is 3.45. The predicted molar refractivity (Wildman–Crippen MR) is 93.5 cm³/mol. The van der Waals surface area contributed by atoms with E-state index in [1.54, 1.807) is 23.1 Å². The van der Waals surface area contributed by atoms with Crippen LogP contribution in [0.4, 0.5) is 0 Å². The Balaban J connectivity index is 1.61. The fraction of sp³-hybridized carbons (Fsp3) is 0.118. The average molecular weight is 323 g/mol. The van der Waals surface area contributed by atoms with Gasteiger partial charge in [-0.2, -0.15) is 0 Å². The molecule has 0 aliphatic carbocycles. The molecule has 4 aromatic rings. The fourth-order valence-corrected chi connectivity index (χ4v) is 4.38. The maximum Gasteiger partial charge on any atom is 0.151 e. The zero-order valence-corrected chi connectivity index (χ0v) is 13.6. The average Bonchev–Trinajstić information content (AvgIpc) is 2.95. The number of benzene rings is 2. The van der Waals surface area contributed by atoms with Crippen LogP contribution < -0.4 is 0 Å². The minimum atomic E-state index is 0.795. The molecule has 2 heterocycles. The normalized spacial score (nSPS) is 11.3. The molecule has 0 radical (unpaired) electrons. The fourth-order valence-electron chi connectivity index (χ4n) is 2.30. The lowest BCUT2D eigenvalue weighted by Crippen LogP contribution is -1.96. The third kappa shape index (κ3) is 2.58. The van der Waals surface area contributed by atoms with Gasteiger partial charge in [0.25, 0.3) is 0 Å². The number of para-hydroxylation sites is 3. The first kappa shape index (κ1) is 13.7. The Morgan fingerprint density at radius 2 is 1.55 bits per heavy atom. The molecule has 22 heavy (non-hydrogen) atoms. The van der Waals surface area contributed by atoms with Gasteiger partial charge in [-0.3, -0.25) is 0 Å². The molecule has 5 heteroatoms. The van der Waals surface area contributed by atoms with Crippen molar-refractivity contribution >= 4 is 44.3 Å². The number of aryl methyl sites for hydroxylation is 1. The second kappa shape index (κ2) is 5.66. The number of thioether (sulfide) groups is 1. The Kier molecular flexibility index (Phi) is 3.52. The Morgan fingerprint density at radius 1 is 0.864 bits per heavy atom. The van der Waals surface area contributed by atoms with Gasteiger partial charge in [-0.1, -0.05) is 36.0 Å². The summed E-state index contributed by atoms with van der Waals surface area (Å²) in [6.07, 6.45) is 0. The van der Waals surface area contributed by atoms with E-state index in [0.717, 1.165) is 38.0 Å². The topological polar surface area (TPSA) is 38.7 Å². The second-order valence-corrected chi connectivity index (χ2v) is 7.23. The first-order chi connectivity index (χ1) is 10.8. The SMILES string of the molecule is Cc1nc2ccccc2nc1CSc1nc2ccccc2s1. The van der Waals surface area contributed by atoms with Crippen molar-refractivity contribution in [2.24, 2.45) is 0 Å². The summed E-state index contributed by atoms with van der Waals surface area (Å²) in [4.78, 5) is 14.0. The van der Waals surface area contributed by atoms with Gasteiger partial charge in [0.1, 0.15) is 0 Å². The number of nitrogens with zero attached hydrogens (tertiary/aromatic N) is 3. The van der Waals surface area contributed by atoms with Crippen LogP contribution in [0.15, 0.2) is 52.9 Å². The summed E-state index contributed by atoms with van der Waals surface area (Å²) in [7, 11) is 0. The molecule has 0 saturated carbocycles. The third-order valence-corrected chi connectivity index (χ3v) is 5.64. The molecule has 0 atom stereocenters. The lowest BCUT2D eigenvalue weighted by Gasteiger charge is -2.05. The van der Waals surface area contributed by atoms with Crippen molar-refractivity contribution < 1.29 is 0 Å². The summed E-state index contributed by atoms with van der Waals surface area (Å²) in [5.74, 6) is 0.795. The van der Waals surface area contributed by atoms with E-state index in [-0.39, 0.29) is 0 Å². The molecular formula is C17H13N3S2. The molecule has 0 amide bonds. The molecule has 2 aromatic carbocycles. The molecule has 0 N–H and O–H groups in total. The van der Waals surface area contributed by atoms with Crippen molar-refractivity contribution in [1.29, 1.82) is 0 Å². The van der Waals surface area contributed by atoms with Gasteiger partial charge in [0.05, 0.1) is 32.6 Å². The first-order valence-electron chi connectivity index (χ1n) is 7.00. The zero-order chi connectivity index (χ0) is 14.9. The van der Waals surface area contributed by atoms with Crippen LogP contribution in [0.3, 0.4) is 0 Å². The summed E-state index contributed by atoms with van der Waals surface area (Å²) in [6.45, 7) is 2.02. The van der Waals surface area contributed by atoms with Gasteiger partial charge in [-0.15, -0.1) is 11.3 Å². The largest absolute Gasteiger partial charge is 0.250 e. The summed E-state index contributed by atoms with van der Waals surface area (Å²) in [5, 5.41) is 0. The predicted octanol–water partition coefficient (Wildman–Crippen LogP) is 4.84. The van der Waals surface area contributed by atoms with Crippen molar-refractivity contribution in [1.82, 2.24) is 15.0 Å². The molecule has 2 aromatic heterocycles. The van der Waals surface area contributed by atoms with E-state index in [1.807, 2.05) is 43.3 Å². The smallest absolute Gasteiger partial charge is 0.151 e. The van der Waals surface area contributed by atoms with Gasteiger partial charge in [0.15, 0.2) is 4.34 Å². The minimum Gasteiger partial charge on any atom is -0.250 e. The van der Waals surface area contributed by atoms with Crippen LogP contribution >= 0.6 is 23.1 Å². The highest BCUT2D eigenvalue weighted by atomic mass is 32.2. The van der Waals surface area contributed by atoms with E-state index in [4.69, 9.17) is 4.98 Å². The number of aromatic nitrogens is 3. The number of hydrogen-bond acceptors (Lipinski definition) is 5. The standard InChI is InChI=1S/C17H13N3S2/c1-11-15(19-13-7-3-2-6-12(13)18-11)10-21-17-20-14-8-4-5-9-16(14)22-17/h2-9H,10H2,1H3. The van der Waals surface area contributed by atoms with Crippen LogP contribution in [0.5, 0.6) is 0 Å². The maximum atomic E-state index is 4.74. The summed E-state index contributed by atoms with van der Waals surface area (Å²) in [6, 6.07) is 16.2. The summed E-state index contributed by atoms with van der Waals surface area (Å²) < 4.78 is 2.31. The molecule has 108 valence electrons. The number of fused-ring (bicyclic) bond motifs is 2. The molecule has 0 unspecified atom stereocenters. The van der Waals surface area contributed by atoms with Gasteiger partial charge >= 0.3 is 0 Å². The van der Waals surface area contributed by atoms with Crippen molar-refractivity contribution in [2.75, 3.05) is 0 Å². The van der Waals surface area contributed by atoms with Crippen molar-refractivity contribution in [3.8, 4) is 0 Å². The molecule has 3 nitrogen and oxygen atoms in total. The first-order valence-corrected chi connectivity index (χ1v) is 8.80.